The largest absolute Gasteiger partial charge is 0.393 e. The Balaban J connectivity index is 1.67. The second-order valence-electron chi connectivity index (χ2n) is 5.84. The Bertz CT molecular complexity index is 667. The van der Waals surface area contributed by atoms with Gasteiger partial charge in [0, 0.05) is 38.4 Å². The Labute approximate surface area is 141 Å². The van der Waals surface area contributed by atoms with Crippen LogP contribution in [0.25, 0.3) is 0 Å². The van der Waals surface area contributed by atoms with Gasteiger partial charge in [0.05, 0.1) is 0 Å². The molecule has 2 heterocycles. The van der Waals surface area contributed by atoms with Crippen LogP contribution in [0.3, 0.4) is 0 Å². The number of nitrogen functional groups attached to an aromatic ring is 1. The number of hydrogen-bond donors (Lipinski definition) is 2. The molecular formula is C17H23FN6. The maximum absolute atomic E-state index is 13.0. The third-order valence-corrected chi connectivity index (χ3v) is 4.18. The molecule has 1 saturated heterocycles. The highest BCUT2D eigenvalue weighted by Gasteiger charge is 2.21. The van der Waals surface area contributed by atoms with Gasteiger partial charge in [-0.2, -0.15) is 0 Å². The van der Waals surface area contributed by atoms with Gasteiger partial charge in [0.15, 0.2) is 11.6 Å². The highest BCUT2D eigenvalue weighted by molar-refractivity contribution is 5.75. The summed E-state index contributed by atoms with van der Waals surface area (Å²) in [6.45, 7) is 6.23. The quantitative estimate of drug-likeness (QED) is 0.877. The van der Waals surface area contributed by atoms with Gasteiger partial charge in [-0.3, -0.25) is 0 Å². The lowest BCUT2D eigenvalue weighted by Gasteiger charge is -2.37. The second-order valence-corrected chi connectivity index (χ2v) is 5.84. The maximum Gasteiger partial charge on any atom is 0.157 e. The van der Waals surface area contributed by atoms with Crippen LogP contribution in [0.1, 0.15) is 13.3 Å². The van der Waals surface area contributed by atoms with Crippen molar-refractivity contribution in [3.8, 4) is 0 Å². The lowest BCUT2D eigenvalue weighted by molar-refractivity contribution is 0.624. The smallest absolute Gasteiger partial charge is 0.157 e. The van der Waals surface area contributed by atoms with E-state index in [4.69, 9.17) is 5.73 Å². The lowest BCUT2D eigenvalue weighted by Crippen LogP contribution is -2.47. The van der Waals surface area contributed by atoms with Gasteiger partial charge in [0.25, 0.3) is 0 Å². The normalized spacial score (nSPS) is 14.8. The van der Waals surface area contributed by atoms with Crippen LogP contribution >= 0.6 is 0 Å². The number of nitrogens with one attached hydrogen (secondary N) is 1. The van der Waals surface area contributed by atoms with Crippen molar-refractivity contribution < 1.29 is 4.39 Å². The van der Waals surface area contributed by atoms with Crippen LogP contribution in [0, 0.1) is 5.82 Å². The molecule has 0 bridgehead atoms. The minimum Gasteiger partial charge on any atom is -0.393 e. The summed E-state index contributed by atoms with van der Waals surface area (Å²) in [6.07, 6.45) is 2.56. The summed E-state index contributed by atoms with van der Waals surface area (Å²) in [6, 6.07) is 6.62. The van der Waals surface area contributed by atoms with Crippen molar-refractivity contribution in [1.29, 1.82) is 0 Å². The molecule has 1 aliphatic heterocycles. The van der Waals surface area contributed by atoms with Crippen molar-refractivity contribution >= 4 is 23.0 Å². The van der Waals surface area contributed by atoms with Crippen LogP contribution in [-0.2, 0) is 0 Å². The van der Waals surface area contributed by atoms with Crippen molar-refractivity contribution in [3.05, 3.63) is 36.4 Å². The van der Waals surface area contributed by atoms with Crippen LogP contribution < -0.4 is 20.9 Å². The van der Waals surface area contributed by atoms with Gasteiger partial charge in [-0.25, -0.2) is 14.4 Å². The van der Waals surface area contributed by atoms with E-state index in [0.29, 0.717) is 11.5 Å². The molecule has 1 aromatic carbocycles. The molecule has 7 heteroatoms. The number of rotatable bonds is 5. The Hall–Kier alpha value is -2.57. The zero-order valence-electron chi connectivity index (χ0n) is 13.9. The summed E-state index contributed by atoms with van der Waals surface area (Å²) in [5.41, 5.74) is 7.87. The number of hydrogen-bond acceptors (Lipinski definition) is 6. The third kappa shape index (κ3) is 3.50. The van der Waals surface area contributed by atoms with Crippen molar-refractivity contribution in [3.63, 3.8) is 0 Å². The van der Waals surface area contributed by atoms with Crippen LogP contribution in [0.2, 0.25) is 0 Å². The van der Waals surface area contributed by atoms with Gasteiger partial charge < -0.3 is 20.9 Å². The molecule has 6 nitrogen and oxygen atoms in total. The van der Waals surface area contributed by atoms with E-state index in [0.717, 1.165) is 50.6 Å². The number of benzene rings is 1. The van der Waals surface area contributed by atoms with E-state index in [2.05, 4.69) is 32.0 Å². The second kappa shape index (κ2) is 7.33. The van der Waals surface area contributed by atoms with Gasteiger partial charge in [0.1, 0.15) is 17.8 Å². The first-order valence-corrected chi connectivity index (χ1v) is 8.29. The van der Waals surface area contributed by atoms with Crippen LogP contribution in [0.15, 0.2) is 30.6 Å². The molecule has 2 aromatic rings. The molecule has 24 heavy (non-hydrogen) atoms. The average molecular weight is 330 g/mol. The Morgan fingerprint density at radius 1 is 1.08 bits per heavy atom. The molecule has 1 aromatic heterocycles. The molecule has 0 saturated carbocycles. The summed E-state index contributed by atoms with van der Waals surface area (Å²) in [5, 5.41) is 3.23. The lowest BCUT2D eigenvalue weighted by atomic mass is 10.2. The fourth-order valence-corrected chi connectivity index (χ4v) is 2.85. The topological polar surface area (TPSA) is 70.3 Å². The van der Waals surface area contributed by atoms with Gasteiger partial charge in [-0.1, -0.05) is 6.92 Å². The monoisotopic (exact) mass is 330 g/mol. The number of piperazine rings is 1. The molecule has 0 unspecified atom stereocenters. The summed E-state index contributed by atoms with van der Waals surface area (Å²) in [4.78, 5) is 13.0. The highest BCUT2D eigenvalue weighted by Crippen LogP contribution is 2.27. The SMILES string of the molecule is CCCNc1ncnc(N2CCN(c3ccc(F)cc3)CC2)c1N. The summed E-state index contributed by atoms with van der Waals surface area (Å²) in [7, 11) is 0. The van der Waals surface area contributed by atoms with Crippen molar-refractivity contribution in [2.24, 2.45) is 0 Å². The van der Waals surface area contributed by atoms with Crippen LogP contribution in [-0.4, -0.2) is 42.7 Å². The number of nitrogens with two attached hydrogens (primary N) is 1. The number of halogens is 1. The summed E-state index contributed by atoms with van der Waals surface area (Å²) < 4.78 is 13.0. The molecule has 0 radical (unpaired) electrons. The van der Waals surface area contributed by atoms with E-state index < -0.39 is 0 Å². The third-order valence-electron chi connectivity index (χ3n) is 4.18. The molecule has 1 aliphatic rings. The molecule has 3 rings (SSSR count). The standard InChI is InChI=1S/C17H23FN6/c1-2-7-20-16-15(19)17(22-12-21-16)24-10-8-23(9-11-24)14-5-3-13(18)4-6-14/h3-6,12H,2,7-11,19H2,1H3,(H,20,21,22). The van der Waals surface area contributed by atoms with Crippen LogP contribution in [0.5, 0.6) is 0 Å². The Morgan fingerprint density at radius 2 is 1.75 bits per heavy atom. The van der Waals surface area contributed by atoms with Gasteiger partial charge in [0.2, 0.25) is 0 Å². The van der Waals surface area contributed by atoms with Crippen molar-refractivity contribution in [1.82, 2.24) is 9.97 Å². The Morgan fingerprint density at radius 3 is 2.42 bits per heavy atom. The predicted molar refractivity (Wildman–Crippen MR) is 96.1 cm³/mol. The molecule has 0 aliphatic carbocycles. The van der Waals surface area contributed by atoms with Gasteiger partial charge >= 0.3 is 0 Å². The van der Waals surface area contributed by atoms with E-state index >= 15 is 0 Å². The van der Waals surface area contributed by atoms with Crippen molar-refractivity contribution in [2.45, 2.75) is 13.3 Å². The highest BCUT2D eigenvalue weighted by atomic mass is 19.1. The van der Waals surface area contributed by atoms with Crippen molar-refractivity contribution in [2.75, 3.05) is 53.6 Å². The molecule has 0 amide bonds. The predicted octanol–water partition coefficient (Wildman–Crippen LogP) is 2.35. The fraction of sp³-hybridized carbons (Fsp3) is 0.412. The Kier molecular flexibility index (Phi) is 4.98. The first-order chi connectivity index (χ1) is 11.7. The zero-order valence-corrected chi connectivity index (χ0v) is 13.9. The van der Waals surface area contributed by atoms with E-state index in [1.807, 2.05) is 12.1 Å². The first-order valence-electron chi connectivity index (χ1n) is 8.29. The van der Waals surface area contributed by atoms with E-state index in [1.54, 1.807) is 6.33 Å². The minimum absolute atomic E-state index is 0.210. The zero-order chi connectivity index (χ0) is 16.9. The molecular weight excluding hydrogens is 307 g/mol. The van der Waals surface area contributed by atoms with E-state index in [9.17, 15) is 4.39 Å². The number of nitrogens with zero attached hydrogens (tertiary/aromatic N) is 4. The number of anilines is 4. The fourth-order valence-electron chi connectivity index (χ4n) is 2.85. The maximum atomic E-state index is 13.0. The van der Waals surface area contributed by atoms with Gasteiger partial charge in [-0.15, -0.1) is 0 Å². The molecule has 3 N–H and O–H groups in total. The summed E-state index contributed by atoms with van der Waals surface area (Å²) >= 11 is 0. The van der Waals surface area contributed by atoms with E-state index in [1.165, 1.54) is 12.1 Å². The van der Waals surface area contributed by atoms with Gasteiger partial charge in [-0.05, 0) is 30.7 Å². The molecule has 0 spiro atoms. The summed E-state index contributed by atoms with van der Waals surface area (Å²) in [5.74, 6) is 1.27. The molecule has 1 fully saturated rings. The minimum atomic E-state index is -0.210. The van der Waals surface area contributed by atoms with E-state index in [-0.39, 0.29) is 5.82 Å². The average Bonchev–Trinajstić information content (AvgIpc) is 2.62. The first kappa shape index (κ1) is 16.3. The molecule has 0 atom stereocenters. The molecule has 128 valence electrons. The van der Waals surface area contributed by atoms with Crippen LogP contribution in [0.4, 0.5) is 27.4 Å². The number of aromatic nitrogens is 2.